The third kappa shape index (κ3) is 6.14. The Balaban J connectivity index is 4.00. The molecular weight excluding hydrogens is 164 g/mol. The SMILES string of the molecule is C=CC(C)CC(C)=CC(=O)OCC. The van der Waals surface area contributed by atoms with Crippen LogP contribution in [0.4, 0.5) is 0 Å². The zero-order valence-electron chi connectivity index (χ0n) is 8.67. The first-order valence-corrected chi connectivity index (χ1v) is 4.56. The maximum atomic E-state index is 11.0. The van der Waals surface area contributed by atoms with Crippen molar-refractivity contribution in [2.45, 2.75) is 27.2 Å². The largest absolute Gasteiger partial charge is 0.463 e. The summed E-state index contributed by atoms with van der Waals surface area (Å²) in [5.74, 6) is 0.155. The molecule has 13 heavy (non-hydrogen) atoms. The average molecular weight is 182 g/mol. The lowest BCUT2D eigenvalue weighted by Crippen LogP contribution is -2.01. The number of carbonyl (C=O) groups is 1. The Morgan fingerprint density at radius 1 is 1.62 bits per heavy atom. The van der Waals surface area contributed by atoms with Crippen LogP contribution in [0.3, 0.4) is 0 Å². The van der Waals surface area contributed by atoms with Crippen LogP contribution in [0.15, 0.2) is 24.3 Å². The highest BCUT2D eigenvalue weighted by molar-refractivity contribution is 5.82. The third-order valence-corrected chi connectivity index (χ3v) is 1.70. The number of rotatable bonds is 5. The molecule has 0 radical (unpaired) electrons. The van der Waals surface area contributed by atoms with Crippen LogP contribution in [0.1, 0.15) is 27.2 Å². The van der Waals surface area contributed by atoms with E-state index in [9.17, 15) is 4.79 Å². The molecule has 1 atom stereocenters. The number of carbonyl (C=O) groups excluding carboxylic acids is 1. The van der Waals surface area contributed by atoms with E-state index in [2.05, 4.69) is 13.5 Å². The smallest absolute Gasteiger partial charge is 0.330 e. The van der Waals surface area contributed by atoms with Gasteiger partial charge in [0.1, 0.15) is 0 Å². The molecule has 0 saturated carbocycles. The summed E-state index contributed by atoms with van der Waals surface area (Å²) in [6, 6.07) is 0. The van der Waals surface area contributed by atoms with Crippen LogP contribution in [-0.2, 0) is 9.53 Å². The fourth-order valence-corrected chi connectivity index (χ4v) is 1.04. The Hall–Kier alpha value is -1.05. The van der Waals surface area contributed by atoms with Crippen molar-refractivity contribution >= 4 is 5.97 Å². The highest BCUT2D eigenvalue weighted by Gasteiger charge is 2.01. The molecular formula is C11H18O2. The summed E-state index contributed by atoms with van der Waals surface area (Å²) in [6.07, 6.45) is 4.29. The van der Waals surface area contributed by atoms with E-state index in [1.807, 2.05) is 13.0 Å². The molecule has 0 fully saturated rings. The van der Waals surface area contributed by atoms with Crippen molar-refractivity contribution in [2.75, 3.05) is 6.61 Å². The lowest BCUT2D eigenvalue weighted by Gasteiger charge is -2.05. The second-order valence-corrected chi connectivity index (χ2v) is 3.16. The van der Waals surface area contributed by atoms with Crippen molar-refractivity contribution in [1.29, 1.82) is 0 Å². The second-order valence-electron chi connectivity index (χ2n) is 3.16. The normalized spacial score (nSPS) is 13.6. The van der Waals surface area contributed by atoms with Crippen LogP contribution >= 0.6 is 0 Å². The van der Waals surface area contributed by atoms with Gasteiger partial charge in [0, 0.05) is 6.08 Å². The minimum Gasteiger partial charge on any atom is -0.463 e. The van der Waals surface area contributed by atoms with E-state index in [0.29, 0.717) is 12.5 Å². The molecule has 0 rings (SSSR count). The molecule has 0 saturated heterocycles. The van der Waals surface area contributed by atoms with Gasteiger partial charge in [-0.1, -0.05) is 18.6 Å². The molecule has 0 bridgehead atoms. The summed E-state index contributed by atoms with van der Waals surface area (Å²) in [4.78, 5) is 11.0. The Morgan fingerprint density at radius 2 is 2.23 bits per heavy atom. The zero-order chi connectivity index (χ0) is 10.3. The zero-order valence-corrected chi connectivity index (χ0v) is 8.67. The van der Waals surface area contributed by atoms with Crippen LogP contribution in [0, 0.1) is 5.92 Å². The first-order chi connectivity index (χ1) is 6.10. The van der Waals surface area contributed by atoms with Gasteiger partial charge < -0.3 is 4.74 Å². The van der Waals surface area contributed by atoms with E-state index in [1.54, 1.807) is 13.0 Å². The number of hydrogen-bond donors (Lipinski definition) is 0. The standard InChI is InChI=1S/C11H18O2/c1-5-9(3)7-10(4)8-11(12)13-6-2/h5,8-9H,1,6-7H2,2-4H3. The van der Waals surface area contributed by atoms with Crippen molar-refractivity contribution in [2.24, 2.45) is 5.92 Å². The van der Waals surface area contributed by atoms with Crippen molar-refractivity contribution in [3.05, 3.63) is 24.3 Å². The van der Waals surface area contributed by atoms with Gasteiger partial charge in [-0.15, -0.1) is 6.58 Å². The first kappa shape index (κ1) is 11.9. The molecule has 0 aliphatic heterocycles. The maximum absolute atomic E-state index is 11.0. The molecule has 0 N–H and O–H groups in total. The minimum absolute atomic E-state index is 0.253. The summed E-state index contributed by atoms with van der Waals surface area (Å²) >= 11 is 0. The monoisotopic (exact) mass is 182 g/mol. The Labute approximate surface area is 80.3 Å². The molecule has 1 unspecified atom stereocenters. The molecule has 2 heteroatoms. The summed E-state index contributed by atoms with van der Waals surface area (Å²) < 4.78 is 4.79. The van der Waals surface area contributed by atoms with Gasteiger partial charge >= 0.3 is 5.97 Å². The molecule has 74 valence electrons. The quantitative estimate of drug-likeness (QED) is 0.371. The maximum Gasteiger partial charge on any atom is 0.330 e. The van der Waals surface area contributed by atoms with Crippen molar-refractivity contribution in [3.63, 3.8) is 0 Å². The lowest BCUT2D eigenvalue weighted by atomic mass is 10.0. The molecule has 0 aliphatic rings. The van der Waals surface area contributed by atoms with E-state index in [1.165, 1.54) is 0 Å². The van der Waals surface area contributed by atoms with Crippen molar-refractivity contribution in [3.8, 4) is 0 Å². The molecule has 0 aromatic carbocycles. The van der Waals surface area contributed by atoms with Crippen LogP contribution < -0.4 is 0 Å². The Bertz CT molecular complexity index is 204. The van der Waals surface area contributed by atoms with Gasteiger partial charge in [-0.25, -0.2) is 4.79 Å². The summed E-state index contributed by atoms with van der Waals surface area (Å²) in [5, 5.41) is 0. The van der Waals surface area contributed by atoms with E-state index < -0.39 is 0 Å². The summed E-state index contributed by atoms with van der Waals surface area (Å²) in [7, 11) is 0. The van der Waals surface area contributed by atoms with Gasteiger partial charge in [0.25, 0.3) is 0 Å². The van der Waals surface area contributed by atoms with Crippen molar-refractivity contribution in [1.82, 2.24) is 0 Å². The number of hydrogen-bond acceptors (Lipinski definition) is 2. The topological polar surface area (TPSA) is 26.3 Å². The molecule has 2 nitrogen and oxygen atoms in total. The second kappa shape index (κ2) is 6.46. The van der Waals surface area contributed by atoms with E-state index >= 15 is 0 Å². The number of esters is 1. The highest BCUT2D eigenvalue weighted by Crippen LogP contribution is 2.11. The van der Waals surface area contributed by atoms with Gasteiger partial charge in [-0.2, -0.15) is 0 Å². The molecule has 0 spiro atoms. The van der Waals surface area contributed by atoms with E-state index in [4.69, 9.17) is 4.74 Å². The lowest BCUT2D eigenvalue weighted by molar-refractivity contribution is -0.137. The Kier molecular flexibility index (Phi) is 5.94. The molecule has 0 aliphatic carbocycles. The highest BCUT2D eigenvalue weighted by atomic mass is 16.5. The Morgan fingerprint density at radius 3 is 2.69 bits per heavy atom. The molecule has 0 amide bonds. The summed E-state index contributed by atoms with van der Waals surface area (Å²) in [5.41, 5.74) is 1.03. The van der Waals surface area contributed by atoms with Crippen molar-refractivity contribution < 1.29 is 9.53 Å². The average Bonchev–Trinajstić information content (AvgIpc) is 2.04. The molecule has 0 aromatic heterocycles. The van der Waals surface area contributed by atoms with Gasteiger partial charge in [-0.05, 0) is 26.2 Å². The fraction of sp³-hybridized carbons (Fsp3) is 0.545. The minimum atomic E-state index is -0.253. The first-order valence-electron chi connectivity index (χ1n) is 4.56. The van der Waals surface area contributed by atoms with Crippen LogP contribution in [0.5, 0.6) is 0 Å². The molecule has 0 heterocycles. The van der Waals surface area contributed by atoms with Crippen LogP contribution in [-0.4, -0.2) is 12.6 Å². The third-order valence-electron chi connectivity index (χ3n) is 1.70. The van der Waals surface area contributed by atoms with Crippen LogP contribution in [0.25, 0.3) is 0 Å². The van der Waals surface area contributed by atoms with Gasteiger partial charge in [-0.3, -0.25) is 0 Å². The predicted octanol–water partition coefficient (Wildman–Crippen LogP) is 2.71. The number of allylic oxidation sites excluding steroid dienone is 2. The molecule has 0 aromatic rings. The predicted molar refractivity (Wildman–Crippen MR) is 54.4 cm³/mol. The van der Waals surface area contributed by atoms with Gasteiger partial charge in [0.15, 0.2) is 0 Å². The van der Waals surface area contributed by atoms with Crippen LogP contribution in [0.2, 0.25) is 0 Å². The number of ether oxygens (including phenoxy) is 1. The summed E-state index contributed by atoms with van der Waals surface area (Å²) in [6.45, 7) is 9.91. The fourth-order valence-electron chi connectivity index (χ4n) is 1.04. The van der Waals surface area contributed by atoms with E-state index in [0.717, 1.165) is 12.0 Å². The van der Waals surface area contributed by atoms with Gasteiger partial charge in [0.05, 0.1) is 6.61 Å². The van der Waals surface area contributed by atoms with Gasteiger partial charge in [0.2, 0.25) is 0 Å². The van der Waals surface area contributed by atoms with E-state index in [-0.39, 0.29) is 5.97 Å².